The van der Waals surface area contributed by atoms with E-state index in [4.69, 9.17) is 19.9 Å². The summed E-state index contributed by atoms with van der Waals surface area (Å²) in [5, 5.41) is 10.2. The number of nitrogens with zero attached hydrogens (tertiary/aromatic N) is 1. The van der Waals surface area contributed by atoms with E-state index >= 15 is 0 Å². The average Bonchev–Trinajstić information content (AvgIpc) is 3.12. The number of hydrogen-bond acceptors (Lipinski definition) is 8. The molecule has 0 radical (unpaired) electrons. The third-order valence-corrected chi connectivity index (χ3v) is 9.25. The van der Waals surface area contributed by atoms with Gasteiger partial charge in [0.1, 0.15) is 5.75 Å². The van der Waals surface area contributed by atoms with E-state index in [1.165, 1.54) is 12.1 Å². The molecule has 2 aromatic carbocycles. The highest BCUT2D eigenvalue weighted by atomic mass is 32.2. The number of methoxy groups -OCH3 is 1. The van der Waals surface area contributed by atoms with Crippen molar-refractivity contribution < 1.29 is 37.3 Å². The first-order valence-electron chi connectivity index (χ1n) is 12.7. The monoisotopic (exact) mass is 546 g/mol. The average molecular weight is 547 g/mol. The molecule has 3 N–H and O–H groups in total. The molecule has 2 aliphatic rings. The van der Waals surface area contributed by atoms with Crippen LogP contribution in [-0.4, -0.2) is 74.4 Å². The van der Waals surface area contributed by atoms with Crippen LogP contribution in [-0.2, 0) is 28.9 Å². The molecule has 1 amide bonds. The van der Waals surface area contributed by atoms with Crippen LogP contribution in [0, 0.1) is 0 Å². The normalized spacial score (nSPS) is 19.8. The van der Waals surface area contributed by atoms with Crippen LogP contribution in [0.15, 0.2) is 53.4 Å². The van der Waals surface area contributed by atoms with E-state index in [0.29, 0.717) is 25.1 Å². The van der Waals surface area contributed by atoms with Gasteiger partial charge in [-0.2, -0.15) is 0 Å². The highest BCUT2D eigenvalue weighted by Gasteiger charge is 2.56. The van der Waals surface area contributed by atoms with Crippen molar-refractivity contribution in [2.24, 2.45) is 5.73 Å². The third kappa shape index (κ3) is 5.70. The number of carbonyl (C=O) groups is 2. The molecule has 0 spiro atoms. The predicted molar refractivity (Wildman–Crippen MR) is 139 cm³/mol. The van der Waals surface area contributed by atoms with Gasteiger partial charge in [0.25, 0.3) is 0 Å². The molecule has 11 heteroatoms. The Bertz CT molecular complexity index is 1240. The van der Waals surface area contributed by atoms with Crippen LogP contribution in [0.2, 0.25) is 0 Å². The van der Waals surface area contributed by atoms with Gasteiger partial charge in [-0.25, -0.2) is 13.2 Å². The number of rotatable bonds is 9. The molecular weight excluding hydrogens is 512 g/mol. The number of amides is 1. The first-order valence-corrected chi connectivity index (χ1v) is 14.2. The van der Waals surface area contributed by atoms with Gasteiger partial charge in [0.05, 0.1) is 31.8 Å². The molecule has 0 saturated carbocycles. The summed E-state index contributed by atoms with van der Waals surface area (Å²) in [6.45, 7) is 0.824. The van der Waals surface area contributed by atoms with Crippen molar-refractivity contribution >= 4 is 21.7 Å². The number of nitrogens with two attached hydrogens (primary N) is 1. The Labute approximate surface area is 222 Å². The Morgan fingerprint density at radius 2 is 1.63 bits per heavy atom. The molecular formula is C27H34N2O8S. The van der Waals surface area contributed by atoms with Gasteiger partial charge in [0, 0.05) is 19.4 Å². The van der Waals surface area contributed by atoms with Gasteiger partial charge >= 0.3 is 5.97 Å². The van der Waals surface area contributed by atoms with Crippen LogP contribution < -0.4 is 10.5 Å². The number of carbonyl (C=O) groups excluding carboxylic acids is 1. The van der Waals surface area contributed by atoms with E-state index < -0.39 is 32.9 Å². The Kier molecular flexibility index (Phi) is 8.41. The molecule has 0 aliphatic carbocycles. The molecule has 10 nitrogen and oxygen atoms in total. The van der Waals surface area contributed by atoms with Gasteiger partial charge < -0.3 is 30.0 Å². The molecule has 0 aromatic heterocycles. The van der Waals surface area contributed by atoms with Crippen LogP contribution >= 0.6 is 0 Å². The highest BCUT2D eigenvalue weighted by Crippen LogP contribution is 2.36. The molecule has 206 valence electrons. The van der Waals surface area contributed by atoms with Crippen LogP contribution in [0.1, 0.15) is 38.5 Å². The fraction of sp³-hybridized carbons (Fsp3) is 0.481. The maximum absolute atomic E-state index is 13.7. The maximum atomic E-state index is 13.7. The summed E-state index contributed by atoms with van der Waals surface area (Å²) in [6.07, 6.45) is 2.69. The quantitative estimate of drug-likeness (QED) is 0.485. The number of benzene rings is 2. The lowest BCUT2D eigenvalue weighted by molar-refractivity contribution is -0.278. The second kappa shape index (κ2) is 11.4. The number of sulfone groups is 1. The standard InChI is InChI=1S/C27H34N2O8S/c1-35-22-11-7-20(8-12-22)21-9-13-23(14-10-21)38(33,34)27(28,25(31)32)18-26(36-16-5-17-37-26)19-29-15-4-2-3-6-24(29)30/h7-14H,2-6,15-19,28H2,1H3,(H,31,32). The Morgan fingerprint density at radius 3 is 2.21 bits per heavy atom. The molecule has 2 heterocycles. The first-order chi connectivity index (χ1) is 18.1. The minimum Gasteiger partial charge on any atom is -0.497 e. The molecule has 1 atom stereocenters. The molecule has 38 heavy (non-hydrogen) atoms. The van der Waals surface area contributed by atoms with E-state index in [1.54, 1.807) is 36.3 Å². The molecule has 2 saturated heterocycles. The molecule has 2 aromatic rings. The molecule has 2 aliphatic heterocycles. The highest BCUT2D eigenvalue weighted by molar-refractivity contribution is 7.93. The third-order valence-electron chi connectivity index (χ3n) is 7.08. The topological polar surface area (TPSA) is 145 Å². The van der Waals surface area contributed by atoms with Crippen molar-refractivity contribution in [3.63, 3.8) is 0 Å². The van der Waals surface area contributed by atoms with Gasteiger partial charge in [0.15, 0.2) is 5.79 Å². The number of hydrogen-bond donors (Lipinski definition) is 2. The zero-order chi connectivity index (χ0) is 27.4. The molecule has 4 rings (SSSR count). The van der Waals surface area contributed by atoms with Crippen molar-refractivity contribution in [1.82, 2.24) is 4.90 Å². The Hall–Kier alpha value is -2.99. The molecule has 0 bridgehead atoms. The molecule has 2 fully saturated rings. The number of carboxylic acid groups (broad SMARTS) is 1. The Morgan fingerprint density at radius 1 is 1.03 bits per heavy atom. The number of carboxylic acids is 1. The van der Waals surface area contributed by atoms with E-state index in [2.05, 4.69) is 0 Å². The van der Waals surface area contributed by atoms with Crippen LogP contribution in [0.25, 0.3) is 11.1 Å². The number of likely N-dealkylation sites (tertiary alicyclic amines) is 1. The molecule has 1 unspecified atom stereocenters. The van der Waals surface area contributed by atoms with Crippen molar-refractivity contribution in [3.8, 4) is 16.9 Å². The lowest BCUT2D eigenvalue weighted by Gasteiger charge is -2.43. The number of ether oxygens (including phenoxy) is 3. The summed E-state index contributed by atoms with van der Waals surface area (Å²) in [5.74, 6) is -2.81. The second-order valence-electron chi connectivity index (χ2n) is 9.71. The van der Waals surface area contributed by atoms with Crippen molar-refractivity contribution in [1.29, 1.82) is 0 Å². The fourth-order valence-corrected chi connectivity index (χ4v) is 6.42. The summed E-state index contributed by atoms with van der Waals surface area (Å²) in [6, 6.07) is 13.1. The van der Waals surface area contributed by atoms with Crippen molar-refractivity contribution in [3.05, 3.63) is 48.5 Å². The summed E-state index contributed by atoms with van der Waals surface area (Å²) in [7, 11) is -3.05. The lowest BCUT2D eigenvalue weighted by atomic mass is 10.0. The zero-order valence-corrected chi connectivity index (χ0v) is 22.2. The SMILES string of the molecule is COc1ccc(-c2ccc(S(=O)(=O)C(N)(CC3(CN4CCCCCC4=O)OCCCO3)C(=O)O)cc2)cc1. The minimum atomic E-state index is -4.61. The summed E-state index contributed by atoms with van der Waals surface area (Å²) >= 11 is 0. The Balaban J connectivity index is 1.64. The van der Waals surface area contributed by atoms with E-state index in [1.807, 2.05) is 12.1 Å². The second-order valence-corrected chi connectivity index (χ2v) is 11.9. The van der Waals surface area contributed by atoms with E-state index in [0.717, 1.165) is 30.4 Å². The van der Waals surface area contributed by atoms with Gasteiger partial charge in [-0.1, -0.05) is 30.7 Å². The van der Waals surface area contributed by atoms with Crippen LogP contribution in [0.5, 0.6) is 5.75 Å². The van der Waals surface area contributed by atoms with Gasteiger partial charge in [-0.15, -0.1) is 0 Å². The van der Waals surface area contributed by atoms with Crippen LogP contribution in [0.4, 0.5) is 0 Å². The van der Waals surface area contributed by atoms with Gasteiger partial charge in [-0.3, -0.25) is 4.79 Å². The lowest BCUT2D eigenvalue weighted by Crippen LogP contribution is -2.63. The minimum absolute atomic E-state index is 0.0933. The largest absolute Gasteiger partial charge is 0.497 e. The zero-order valence-electron chi connectivity index (χ0n) is 21.4. The summed E-state index contributed by atoms with van der Waals surface area (Å²) < 4.78 is 44.4. The van der Waals surface area contributed by atoms with Crippen molar-refractivity contribution in [2.45, 2.75) is 54.1 Å². The smallest absolute Gasteiger partial charge is 0.340 e. The van der Waals surface area contributed by atoms with Crippen LogP contribution in [0.3, 0.4) is 0 Å². The predicted octanol–water partition coefficient (Wildman–Crippen LogP) is 2.80. The summed E-state index contributed by atoms with van der Waals surface area (Å²) in [4.78, 5) is 23.7. The van der Waals surface area contributed by atoms with Gasteiger partial charge in [0.2, 0.25) is 20.6 Å². The van der Waals surface area contributed by atoms with E-state index in [-0.39, 0.29) is 30.6 Å². The fourth-order valence-electron chi connectivity index (χ4n) is 4.87. The summed E-state index contributed by atoms with van der Waals surface area (Å²) in [5.41, 5.74) is 7.82. The van der Waals surface area contributed by atoms with E-state index in [9.17, 15) is 23.1 Å². The first kappa shape index (κ1) is 28.0. The number of aliphatic carboxylic acids is 1. The van der Waals surface area contributed by atoms with Crippen molar-refractivity contribution in [2.75, 3.05) is 33.4 Å². The maximum Gasteiger partial charge on any atom is 0.340 e. The van der Waals surface area contributed by atoms with Gasteiger partial charge in [-0.05, 0) is 54.7 Å².